The van der Waals surface area contributed by atoms with Crippen LogP contribution in [0.3, 0.4) is 0 Å². The second-order valence-corrected chi connectivity index (χ2v) is 5.93. The van der Waals surface area contributed by atoms with Gasteiger partial charge in [0.1, 0.15) is 5.82 Å². The molecule has 1 aromatic rings. The third-order valence-electron chi connectivity index (χ3n) is 3.75. The number of rotatable bonds is 6. The Kier molecular flexibility index (Phi) is 8.55. The molecular weight excluding hydrogens is 296 g/mol. The first-order valence-corrected chi connectivity index (χ1v) is 8.51. The molecule has 1 aliphatic heterocycles. The highest BCUT2D eigenvalue weighted by Gasteiger charge is 2.21. The SMILES string of the molecule is C=C/C=C(\C=C)CNc1cc2c(cn1)CC(C)N(C=N)C2.CCC. The molecule has 0 fully saturated rings. The molecule has 0 saturated carbocycles. The summed E-state index contributed by atoms with van der Waals surface area (Å²) in [5, 5.41) is 10.8. The van der Waals surface area contributed by atoms with E-state index in [0.717, 1.165) is 24.4 Å². The van der Waals surface area contributed by atoms with Crippen LogP contribution in [0, 0.1) is 5.41 Å². The largest absolute Gasteiger partial charge is 0.366 e. The van der Waals surface area contributed by atoms with Gasteiger partial charge in [-0.1, -0.05) is 51.7 Å². The van der Waals surface area contributed by atoms with E-state index in [1.165, 1.54) is 23.9 Å². The number of hydrogen-bond acceptors (Lipinski definition) is 3. The minimum absolute atomic E-state index is 0.360. The molecule has 0 saturated heterocycles. The van der Waals surface area contributed by atoms with E-state index in [1.807, 2.05) is 23.2 Å². The molecule has 0 radical (unpaired) electrons. The van der Waals surface area contributed by atoms with Crippen molar-refractivity contribution in [1.29, 1.82) is 5.41 Å². The fourth-order valence-corrected chi connectivity index (χ4v) is 2.46. The minimum atomic E-state index is 0.360. The highest BCUT2D eigenvalue weighted by atomic mass is 15.2. The number of aromatic nitrogens is 1. The van der Waals surface area contributed by atoms with Gasteiger partial charge in [0, 0.05) is 25.3 Å². The maximum absolute atomic E-state index is 7.47. The fourth-order valence-electron chi connectivity index (χ4n) is 2.46. The molecule has 0 aliphatic carbocycles. The Bertz CT molecular complexity index is 589. The number of fused-ring (bicyclic) bond motifs is 1. The first-order chi connectivity index (χ1) is 11.6. The molecule has 0 spiro atoms. The van der Waals surface area contributed by atoms with Gasteiger partial charge >= 0.3 is 0 Å². The van der Waals surface area contributed by atoms with Crippen LogP contribution in [0.1, 0.15) is 38.3 Å². The van der Waals surface area contributed by atoms with Crippen molar-refractivity contribution in [1.82, 2.24) is 9.88 Å². The average Bonchev–Trinajstić information content (AvgIpc) is 2.58. The van der Waals surface area contributed by atoms with Crippen LogP contribution >= 0.6 is 0 Å². The predicted octanol–water partition coefficient (Wildman–Crippen LogP) is 4.56. The lowest BCUT2D eigenvalue weighted by atomic mass is 9.97. The van der Waals surface area contributed by atoms with Crippen LogP contribution in [-0.4, -0.2) is 28.8 Å². The molecule has 0 bridgehead atoms. The molecule has 24 heavy (non-hydrogen) atoms. The van der Waals surface area contributed by atoms with E-state index >= 15 is 0 Å². The van der Waals surface area contributed by atoms with Gasteiger partial charge in [-0.05, 0) is 36.1 Å². The van der Waals surface area contributed by atoms with Crippen molar-refractivity contribution < 1.29 is 0 Å². The lowest BCUT2D eigenvalue weighted by Gasteiger charge is -2.33. The van der Waals surface area contributed by atoms with Crippen molar-refractivity contribution in [3.05, 3.63) is 60.3 Å². The summed E-state index contributed by atoms with van der Waals surface area (Å²) in [6.45, 7) is 15.3. The van der Waals surface area contributed by atoms with Crippen LogP contribution in [0.2, 0.25) is 0 Å². The van der Waals surface area contributed by atoms with Crippen molar-refractivity contribution in [2.45, 2.75) is 46.2 Å². The number of nitrogens with one attached hydrogen (secondary N) is 2. The minimum Gasteiger partial charge on any atom is -0.366 e. The zero-order chi connectivity index (χ0) is 17.9. The Morgan fingerprint density at radius 2 is 2.12 bits per heavy atom. The Balaban J connectivity index is 0.000000891. The second-order valence-electron chi connectivity index (χ2n) is 5.93. The van der Waals surface area contributed by atoms with E-state index in [4.69, 9.17) is 5.41 Å². The van der Waals surface area contributed by atoms with Gasteiger partial charge < -0.3 is 10.2 Å². The van der Waals surface area contributed by atoms with E-state index < -0.39 is 0 Å². The predicted molar refractivity (Wildman–Crippen MR) is 105 cm³/mol. The van der Waals surface area contributed by atoms with Gasteiger partial charge in [-0.25, -0.2) is 4.98 Å². The Labute approximate surface area is 146 Å². The molecule has 1 atom stereocenters. The van der Waals surface area contributed by atoms with E-state index in [2.05, 4.69) is 50.3 Å². The van der Waals surface area contributed by atoms with Gasteiger partial charge in [-0.15, -0.1) is 0 Å². The second kappa shape index (κ2) is 10.4. The molecular formula is C20H30N4. The van der Waals surface area contributed by atoms with Crippen LogP contribution < -0.4 is 5.32 Å². The number of anilines is 1. The summed E-state index contributed by atoms with van der Waals surface area (Å²) < 4.78 is 0. The molecule has 0 aromatic carbocycles. The third-order valence-corrected chi connectivity index (χ3v) is 3.75. The fraction of sp³-hybridized carbons (Fsp3) is 0.400. The first kappa shape index (κ1) is 19.7. The third kappa shape index (κ3) is 5.69. The van der Waals surface area contributed by atoms with Crippen molar-refractivity contribution >= 4 is 12.2 Å². The van der Waals surface area contributed by atoms with Gasteiger partial charge in [-0.2, -0.15) is 0 Å². The van der Waals surface area contributed by atoms with E-state index in [9.17, 15) is 0 Å². The van der Waals surface area contributed by atoms with Crippen LogP contribution in [-0.2, 0) is 13.0 Å². The summed E-state index contributed by atoms with van der Waals surface area (Å²) >= 11 is 0. The van der Waals surface area contributed by atoms with Crippen molar-refractivity contribution in [2.75, 3.05) is 11.9 Å². The molecule has 2 N–H and O–H groups in total. The normalized spacial score (nSPS) is 16.4. The lowest BCUT2D eigenvalue weighted by molar-refractivity contribution is 0.308. The van der Waals surface area contributed by atoms with E-state index in [-0.39, 0.29) is 0 Å². The smallest absolute Gasteiger partial charge is 0.126 e. The maximum atomic E-state index is 7.47. The van der Waals surface area contributed by atoms with Crippen LogP contribution in [0.25, 0.3) is 0 Å². The highest BCUT2D eigenvalue weighted by molar-refractivity contribution is 5.54. The summed E-state index contributed by atoms with van der Waals surface area (Å²) in [6, 6.07) is 2.44. The molecule has 130 valence electrons. The molecule has 4 nitrogen and oxygen atoms in total. The molecule has 1 aromatic heterocycles. The van der Waals surface area contributed by atoms with Crippen molar-refractivity contribution in [2.24, 2.45) is 0 Å². The van der Waals surface area contributed by atoms with Gasteiger partial charge in [-0.3, -0.25) is 5.41 Å². The number of allylic oxidation sites excluding steroid dienone is 2. The van der Waals surface area contributed by atoms with Crippen molar-refractivity contribution in [3.8, 4) is 0 Å². The molecule has 0 amide bonds. The number of hydrogen-bond donors (Lipinski definition) is 2. The van der Waals surface area contributed by atoms with E-state index in [1.54, 1.807) is 6.08 Å². The standard InChI is InChI=1S/C17H22N4.C3H8/c1-4-6-14(5-2)9-19-17-8-16-11-21(12-18)13(3)7-15(16)10-20-17;1-3-2/h4-6,8,10,12-13,18H,1-2,7,9,11H2,3H3,(H,19,20);3H2,1-2H3/b14-6+,18-12?;. The van der Waals surface area contributed by atoms with E-state index in [0.29, 0.717) is 12.6 Å². The van der Waals surface area contributed by atoms with Gasteiger partial charge in [0.25, 0.3) is 0 Å². The zero-order valence-corrected chi connectivity index (χ0v) is 15.2. The Hall–Kier alpha value is -2.36. The molecule has 2 rings (SSSR count). The molecule has 1 unspecified atom stereocenters. The average molecular weight is 326 g/mol. The highest BCUT2D eigenvalue weighted by Crippen LogP contribution is 2.23. The molecule has 4 heteroatoms. The summed E-state index contributed by atoms with van der Waals surface area (Å²) in [5.74, 6) is 0.852. The number of pyridine rings is 1. The number of nitrogens with zero attached hydrogens (tertiary/aromatic N) is 2. The first-order valence-electron chi connectivity index (χ1n) is 8.51. The summed E-state index contributed by atoms with van der Waals surface area (Å²) in [4.78, 5) is 6.51. The van der Waals surface area contributed by atoms with Crippen LogP contribution in [0.15, 0.2) is 49.2 Å². The Morgan fingerprint density at radius 1 is 1.42 bits per heavy atom. The topological polar surface area (TPSA) is 52.0 Å². The molecule has 1 aliphatic rings. The summed E-state index contributed by atoms with van der Waals surface area (Å²) in [7, 11) is 0. The summed E-state index contributed by atoms with van der Waals surface area (Å²) in [5.41, 5.74) is 3.58. The zero-order valence-electron chi connectivity index (χ0n) is 15.2. The Morgan fingerprint density at radius 3 is 2.71 bits per heavy atom. The van der Waals surface area contributed by atoms with Gasteiger partial charge in [0.2, 0.25) is 0 Å². The van der Waals surface area contributed by atoms with Gasteiger partial charge in [0.15, 0.2) is 0 Å². The molecule has 2 heterocycles. The monoisotopic (exact) mass is 326 g/mol. The lowest BCUT2D eigenvalue weighted by Crippen LogP contribution is -2.37. The van der Waals surface area contributed by atoms with Gasteiger partial charge in [0.05, 0.1) is 6.34 Å². The van der Waals surface area contributed by atoms with Crippen molar-refractivity contribution in [3.63, 3.8) is 0 Å². The maximum Gasteiger partial charge on any atom is 0.126 e. The quantitative estimate of drug-likeness (QED) is 0.458. The van der Waals surface area contributed by atoms with Crippen LogP contribution in [0.4, 0.5) is 5.82 Å². The summed E-state index contributed by atoms with van der Waals surface area (Å²) in [6.07, 6.45) is 11.0. The van der Waals surface area contributed by atoms with Crippen LogP contribution in [0.5, 0.6) is 0 Å².